The number of hydrogen-bond acceptors (Lipinski definition) is 8. The smallest absolute Gasteiger partial charge is 0.251 e. The van der Waals surface area contributed by atoms with Crippen LogP contribution < -0.4 is 19.9 Å². The van der Waals surface area contributed by atoms with E-state index < -0.39 is 23.3 Å². The van der Waals surface area contributed by atoms with Crippen LogP contribution in [0.2, 0.25) is 0 Å². The molecular weight excluding hydrogens is 642 g/mol. The molecule has 3 aliphatic rings. The fraction of sp³-hybridized carbons (Fsp3) is 0.447. The molecule has 3 aromatic carbocycles. The van der Waals surface area contributed by atoms with Gasteiger partial charge >= 0.3 is 0 Å². The summed E-state index contributed by atoms with van der Waals surface area (Å²) in [6, 6.07) is 17.4. The van der Waals surface area contributed by atoms with Crippen molar-refractivity contribution in [2.24, 2.45) is 5.92 Å². The Morgan fingerprint density at radius 2 is 1.74 bits per heavy atom. The molecule has 1 aliphatic carbocycles. The van der Waals surface area contributed by atoms with Gasteiger partial charge in [-0.2, -0.15) is 5.10 Å². The van der Waals surface area contributed by atoms with E-state index in [1.807, 2.05) is 37.3 Å². The number of nitrogens with one attached hydrogen (secondary N) is 1. The number of anilines is 2. The molecule has 0 spiro atoms. The lowest BCUT2D eigenvalue weighted by Crippen LogP contribution is -2.46. The minimum atomic E-state index is -1.02. The Balaban J connectivity index is 0.920. The van der Waals surface area contributed by atoms with Crippen molar-refractivity contribution in [1.29, 1.82) is 0 Å². The highest BCUT2D eigenvalue weighted by molar-refractivity contribution is 5.94. The van der Waals surface area contributed by atoms with Gasteiger partial charge in [0.15, 0.2) is 0 Å². The van der Waals surface area contributed by atoms with E-state index in [1.54, 1.807) is 11.0 Å². The van der Waals surface area contributed by atoms with Gasteiger partial charge in [0.2, 0.25) is 0 Å². The predicted molar refractivity (Wildman–Crippen MR) is 185 cm³/mol. The third kappa shape index (κ3) is 7.46. The number of aliphatic hydroxyl groups excluding tert-OH is 1. The van der Waals surface area contributed by atoms with Crippen LogP contribution in [-0.2, 0) is 16.9 Å². The lowest BCUT2D eigenvalue weighted by molar-refractivity contribution is -0.0206. The number of aliphatic hydroxyl groups is 1. The lowest BCUT2D eigenvalue weighted by Gasteiger charge is -2.37. The summed E-state index contributed by atoms with van der Waals surface area (Å²) in [5, 5.41) is 17.4. The second-order valence-electron chi connectivity index (χ2n) is 13.8. The molecule has 0 unspecified atom stereocenters. The number of aromatic nitrogens is 3. The first-order valence-electron chi connectivity index (χ1n) is 17.5. The highest BCUT2D eigenvalue weighted by atomic mass is 19.1. The molecule has 2 aliphatic heterocycles. The number of ether oxygens (including phenoxy) is 2. The van der Waals surface area contributed by atoms with E-state index in [4.69, 9.17) is 9.47 Å². The van der Waals surface area contributed by atoms with E-state index in [0.717, 1.165) is 80.6 Å². The van der Waals surface area contributed by atoms with E-state index in [0.29, 0.717) is 30.8 Å². The summed E-state index contributed by atoms with van der Waals surface area (Å²) in [6.45, 7) is 6.46. The van der Waals surface area contributed by atoms with Crippen LogP contribution in [0.3, 0.4) is 0 Å². The SMILES string of the molecule is Cc1cc(N2CCN(c3ccc(C(=O)N[C@@H]4CCCC[C@H]4O)cc3)CC2)ccc1OC[C@@H]1CO[C@@](Cn2cncn2)(c2ccc(F)cc2F)C1. The molecule has 2 N–H and O–H groups in total. The molecule has 50 heavy (non-hydrogen) atoms. The van der Waals surface area contributed by atoms with Gasteiger partial charge in [0.25, 0.3) is 5.91 Å². The molecule has 0 radical (unpaired) electrons. The van der Waals surface area contributed by atoms with Gasteiger partial charge in [-0.1, -0.05) is 18.9 Å². The first-order valence-corrected chi connectivity index (χ1v) is 17.5. The van der Waals surface area contributed by atoms with Crippen LogP contribution in [0.15, 0.2) is 73.3 Å². The van der Waals surface area contributed by atoms with Crippen LogP contribution in [-0.4, -0.2) is 77.3 Å². The van der Waals surface area contributed by atoms with E-state index in [9.17, 15) is 14.3 Å². The van der Waals surface area contributed by atoms with Crippen molar-refractivity contribution in [3.8, 4) is 5.75 Å². The molecular formula is C38H44F2N6O4. The number of hydrogen-bond donors (Lipinski definition) is 2. The first kappa shape index (κ1) is 33.9. The van der Waals surface area contributed by atoms with Gasteiger partial charge in [0, 0.05) is 60.7 Å². The molecule has 264 valence electrons. The Hall–Kier alpha value is -4.55. The van der Waals surface area contributed by atoms with Crippen molar-refractivity contribution in [2.45, 2.75) is 63.3 Å². The average molecular weight is 687 g/mol. The summed E-state index contributed by atoms with van der Waals surface area (Å²) in [5.41, 5.74) is 3.13. The highest BCUT2D eigenvalue weighted by Crippen LogP contribution is 2.42. The molecule has 2 saturated heterocycles. The monoisotopic (exact) mass is 686 g/mol. The number of benzene rings is 3. The van der Waals surface area contributed by atoms with E-state index >= 15 is 4.39 Å². The van der Waals surface area contributed by atoms with Crippen LogP contribution in [0, 0.1) is 24.5 Å². The van der Waals surface area contributed by atoms with Crippen molar-refractivity contribution < 1.29 is 28.2 Å². The number of piperazine rings is 1. The van der Waals surface area contributed by atoms with E-state index in [1.165, 1.54) is 18.5 Å². The fourth-order valence-electron chi connectivity index (χ4n) is 7.56. The van der Waals surface area contributed by atoms with Gasteiger partial charge in [-0.05, 0) is 80.3 Å². The molecule has 10 nitrogen and oxygen atoms in total. The van der Waals surface area contributed by atoms with Crippen molar-refractivity contribution >= 4 is 17.3 Å². The predicted octanol–water partition coefficient (Wildman–Crippen LogP) is 5.24. The molecule has 4 aromatic rings. The summed E-state index contributed by atoms with van der Waals surface area (Å²) in [6.07, 6.45) is 6.59. The maximum absolute atomic E-state index is 15.0. The maximum Gasteiger partial charge on any atom is 0.251 e. The highest BCUT2D eigenvalue weighted by Gasteiger charge is 2.44. The second-order valence-corrected chi connectivity index (χ2v) is 13.8. The van der Waals surface area contributed by atoms with Crippen molar-refractivity contribution in [3.63, 3.8) is 0 Å². The first-order chi connectivity index (χ1) is 24.3. The summed E-state index contributed by atoms with van der Waals surface area (Å²) in [7, 11) is 0. The molecule has 1 saturated carbocycles. The third-order valence-electron chi connectivity index (χ3n) is 10.3. The Morgan fingerprint density at radius 1 is 1.00 bits per heavy atom. The number of carbonyl (C=O) groups is 1. The Kier molecular flexibility index (Phi) is 10.0. The number of nitrogens with zero attached hydrogens (tertiary/aromatic N) is 5. The normalized spacial score (nSPS) is 24.0. The lowest BCUT2D eigenvalue weighted by atomic mass is 9.87. The maximum atomic E-state index is 15.0. The number of halogens is 2. The molecule has 1 aromatic heterocycles. The van der Waals surface area contributed by atoms with Crippen LogP contribution in [0.25, 0.3) is 0 Å². The van der Waals surface area contributed by atoms with Gasteiger partial charge in [0.1, 0.15) is 35.6 Å². The Morgan fingerprint density at radius 3 is 2.44 bits per heavy atom. The standard InChI is InChI=1S/C38H44F2N6O4/c1-26-18-31(45-16-14-44(15-17-45)30-9-6-28(7-10-30)37(48)43-34-4-2-3-5-35(34)47)11-13-36(26)49-21-27-20-38(50-22-27,23-46-25-41-24-42-46)32-12-8-29(39)19-33(32)40/h6-13,18-19,24-25,27,34-35,47H,2-5,14-17,20-23H2,1H3,(H,43,48)/t27-,34-,35-,38+/m1/s1. The summed E-state index contributed by atoms with van der Waals surface area (Å²) < 4.78 is 42.9. The zero-order chi connectivity index (χ0) is 34.7. The number of amides is 1. The molecule has 3 fully saturated rings. The molecule has 4 atom stereocenters. The molecule has 1 amide bonds. The molecule has 7 rings (SSSR count). The minimum Gasteiger partial charge on any atom is -0.493 e. The molecule has 3 heterocycles. The quantitative estimate of drug-likeness (QED) is 0.234. The molecule has 12 heteroatoms. The second kappa shape index (κ2) is 14.7. The summed E-state index contributed by atoms with van der Waals surface area (Å²) >= 11 is 0. The van der Waals surface area contributed by atoms with Crippen LogP contribution in [0.1, 0.15) is 53.6 Å². The number of aryl methyl sites for hydroxylation is 1. The summed E-state index contributed by atoms with van der Waals surface area (Å²) in [4.78, 5) is 21.5. The largest absolute Gasteiger partial charge is 0.493 e. The number of carbonyl (C=O) groups excluding carboxylic acids is 1. The minimum absolute atomic E-state index is 0.0108. The fourth-order valence-corrected chi connectivity index (χ4v) is 7.56. The number of rotatable bonds is 10. The van der Waals surface area contributed by atoms with Crippen molar-refractivity contribution in [2.75, 3.05) is 49.2 Å². The van der Waals surface area contributed by atoms with Gasteiger partial charge in [-0.3, -0.25) is 4.79 Å². The van der Waals surface area contributed by atoms with E-state index in [-0.39, 0.29) is 24.4 Å². The van der Waals surface area contributed by atoms with E-state index in [2.05, 4.69) is 37.3 Å². The van der Waals surface area contributed by atoms with Gasteiger partial charge in [0.05, 0.1) is 31.9 Å². The zero-order valence-electron chi connectivity index (χ0n) is 28.3. The van der Waals surface area contributed by atoms with Crippen LogP contribution in [0.5, 0.6) is 5.75 Å². The van der Waals surface area contributed by atoms with Gasteiger partial charge < -0.3 is 29.7 Å². The Bertz CT molecular complexity index is 1770. The Labute approximate surface area is 291 Å². The van der Waals surface area contributed by atoms with Crippen molar-refractivity contribution in [3.05, 3.63) is 102 Å². The zero-order valence-corrected chi connectivity index (χ0v) is 28.3. The summed E-state index contributed by atoms with van der Waals surface area (Å²) in [5.74, 6) is -0.637. The molecule has 0 bridgehead atoms. The third-order valence-corrected chi connectivity index (χ3v) is 10.3. The van der Waals surface area contributed by atoms with Gasteiger partial charge in [-0.15, -0.1) is 0 Å². The van der Waals surface area contributed by atoms with Gasteiger partial charge in [-0.25, -0.2) is 18.4 Å². The topological polar surface area (TPSA) is 105 Å². The average Bonchev–Trinajstić information content (AvgIpc) is 3.79. The van der Waals surface area contributed by atoms with Crippen LogP contribution in [0.4, 0.5) is 20.2 Å². The van der Waals surface area contributed by atoms with Crippen molar-refractivity contribution in [1.82, 2.24) is 20.1 Å². The van der Waals surface area contributed by atoms with Crippen LogP contribution >= 0.6 is 0 Å².